The van der Waals surface area contributed by atoms with Crippen LogP contribution in [0.25, 0.3) is 10.9 Å². The summed E-state index contributed by atoms with van der Waals surface area (Å²) in [4.78, 5) is 2.26. The Morgan fingerprint density at radius 2 is 1.34 bits per heavy atom. The van der Waals surface area contributed by atoms with Crippen LogP contribution >= 0.6 is 46.4 Å². The molecule has 7 heteroatoms. The van der Waals surface area contributed by atoms with Crippen LogP contribution in [0.5, 0.6) is 0 Å². The Morgan fingerprint density at radius 1 is 0.759 bits per heavy atom. The molecule has 0 amide bonds. The standard InChI is InChI=1S/C22H17Cl4N3/c1-28-13-16-10-17(4-7-22(16)27-28)29(11-14-2-5-18(23)20(25)8-14)12-15-3-6-19(24)21(26)9-15/h2-10,13H,11-12H2,1H3. The van der Waals surface area contributed by atoms with Crippen LogP contribution in [0.2, 0.25) is 20.1 Å². The fourth-order valence-corrected chi connectivity index (χ4v) is 3.93. The minimum absolute atomic E-state index is 0.543. The molecule has 0 spiro atoms. The first-order valence-corrected chi connectivity index (χ1v) is 10.5. The fourth-order valence-electron chi connectivity index (χ4n) is 3.29. The number of hydrogen-bond acceptors (Lipinski definition) is 2. The lowest BCUT2D eigenvalue weighted by atomic mass is 10.1. The quantitative estimate of drug-likeness (QED) is 0.307. The van der Waals surface area contributed by atoms with Gasteiger partial charge in [-0.25, -0.2) is 0 Å². The molecule has 0 saturated heterocycles. The summed E-state index contributed by atoms with van der Waals surface area (Å²) in [6, 6.07) is 17.6. The van der Waals surface area contributed by atoms with Crippen LogP contribution in [-0.4, -0.2) is 9.78 Å². The lowest BCUT2D eigenvalue weighted by Crippen LogP contribution is -2.22. The van der Waals surface area contributed by atoms with Crippen LogP contribution in [0.15, 0.2) is 60.8 Å². The Morgan fingerprint density at radius 3 is 1.90 bits per heavy atom. The minimum atomic E-state index is 0.543. The average Bonchev–Trinajstić information content (AvgIpc) is 3.06. The molecule has 29 heavy (non-hydrogen) atoms. The molecule has 3 aromatic carbocycles. The summed E-state index contributed by atoms with van der Waals surface area (Å²) >= 11 is 24.6. The number of aryl methyl sites for hydroxylation is 1. The Balaban J connectivity index is 1.71. The van der Waals surface area contributed by atoms with Crippen molar-refractivity contribution in [3.8, 4) is 0 Å². The molecule has 0 saturated carbocycles. The third-order valence-electron chi connectivity index (χ3n) is 4.68. The Kier molecular flexibility index (Phi) is 5.93. The number of rotatable bonds is 5. The van der Waals surface area contributed by atoms with E-state index >= 15 is 0 Å². The Labute approximate surface area is 189 Å². The summed E-state index contributed by atoms with van der Waals surface area (Å²) in [6.07, 6.45) is 2.01. The molecular weight excluding hydrogens is 448 g/mol. The van der Waals surface area contributed by atoms with Gasteiger partial charge in [0.25, 0.3) is 0 Å². The highest BCUT2D eigenvalue weighted by Crippen LogP contribution is 2.29. The van der Waals surface area contributed by atoms with Crippen molar-refractivity contribution in [1.82, 2.24) is 9.78 Å². The third kappa shape index (κ3) is 4.65. The first kappa shape index (κ1) is 20.4. The van der Waals surface area contributed by atoms with E-state index in [-0.39, 0.29) is 0 Å². The highest BCUT2D eigenvalue weighted by atomic mass is 35.5. The summed E-state index contributed by atoms with van der Waals surface area (Å²) in [5.41, 5.74) is 4.15. The van der Waals surface area contributed by atoms with Gasteiger partial charge in [0.1, 0.15) is 0 Å². The Hall–Kier alpha value is -1.91. The highest BCUT2D eigenvalue weighted by Gasteiger charge is 2.12. The van der Waals surface area contributed by atoms with E-state index in [1.165, 1.54) is 0 Å². The van der Waals surface area contributed by atoms with Gasteiger partial charge in [-0.2, -0.15) is 5.10 Å². The number of benzene rings is 3. The summed E-state index contributed by atoms with van der Waals surface area (Å²) in [5.74, 6) is 0. The molecule has 1 heterocycles. The molecule has 0 aliphatic rings. The number of hydrogen-bond donors (Lipinski definition) is 0. The number of fused-ring (bicyclic) bond motifs is 1. The van der Waals surface area contributed by atoms with Crippen LogP contribution in [0.4, 0.5) is 5.69 Å². The van der Waals surface area contributed by atoms with Gasteiger partial charge < -0.3 is 4.90 Å². The van der Waals surface area contributed by atoms with Crippen molar-refractivity contribution in [3.05, 3.63) is 92.0 Å². The molecule has 0 N–H and O–H groups in total. The predicted molar refractivity (Wildman–Crippen MR) is 124 cm³/mol. The zero-order valence-corrected chi connectivity index (χ0v) is 18.6. The van der Waals surface area contributed by atoms with Crippen molar-refractivity contribution in [3.63, 3.8) is 0 Å². The third-order valence-corrected chi connectivity index (χ3v) is 6.16. The number of anilines is 1. The maximum absolute atomic E-state index is 6.23. The summed E-state index contributed by atoms with van der Waals surface area (Å²) in [5, 5.41) is 7.72. The molecule has 0 unspecified atom stereocenters. The van der Waals surface area contributed by atoms with Crippen molar-refractivity contribution < 1.29 is 0 Å². The summed E-state index contributed by atoms with van der Waals surface area (Å²) in [6.45, 7) is 1.31. The second-order valence-corrected chi connectivity index (χ2v) is 8.53. The van der Waals surface area contributed by atoms with E-state index in [0.717, 1.165) is 27.7 Å². The predicted octanol–water partition coefficient (Wildman–Crippen LogP) is 7.39. The zero-order valence-electron chi connectivity index (χ0n) is 15.5. The zero-order chi connectivity index (χ0) is 20.5. The van der Waals surface area contributed by atoms with Crippen molar-refractivity contribution in [2.24, 2.45) is 7.05 Å². The van der Waals surface area contributed by atoms with Gasteiger partial charge in [0.05, 0.1) is 25.6 Å². The van der Waals surface area contributed by atoms with Gasteiger partial charge in [-0.3, -0.25) is 4.68 Å². The smallest absolute Gasteiger partial charge is 0.0924 e. The Bertz CT molecular complexity index is 1130. The molecule has 4 rings (SSSR count). The van der Waals surface area contributed by atoms with E-state index in [1.807, 2.05) is 60.4 Å². The van der Waals surface area contributed by atoms with Gasteiger partial charge in [0.2, 0.25) is 0 Å². The maximum atomic E-state index is 6.23. The molecule has 0 bridgehead atoms. The molecule has 0 fully saturated rings. The van der Waals surface area contributed by atoms with E-state index in [1.54, 1.807) is 0 Å². The van der Waals surface area contributed by atoms with E-state index < -0.39 is 0 Å². The largest absolute Gasteiger partial charge is 0.363 e. The fraction of sp³-hybridized carbons (Fsp3) is 0.136. The number of nitrogens with zero attached hydrogens (tertiary/aromatic N) is 3. The lowest BCUT2D eigenvalue weighted by molar-refractivity contribution is 0.780. The van der Waals surface area contributed by atoms with Crippen molar-refractivity contribution >= 4 is 63.0 Å². The van der Waals surface area contributed by atoms with Gasteiger partial charge in [-0.1, -0.05) is 58.5 Å². The first-order valence-electron chi connectivity index (χ1n) is 8.95. The molecule has 3 nitrogen and oxygen atoms in total. The van der Waals surface area contributed by atoms with Crippen molar-refractivity contribution in [2.75, 3.05) is 4.90 Å². The molecule has 148 valence electrons. The van der Waals surface area contributed by atoms with Crippen LogP contribution in [0.3, 0.4) is 0 Å². The normalized spacial score (nSPS) is 11.2. The van der Waals surface area contributed by atoms with Crippen LogP contribution in [0, 0.1) is 0 Å². The molecule has 0 aliphatic carbocycles. The van der Waals surface area contributed by atoms with Gasteiger partial charge in [-0.15, -0.1) is 0 Å². The lowest BCUT2D eigenvalue weighted by Gasteiger charge is -2.26. The topological polar surface area (TPSA) is 21.1 Å². The summed E-state index contributed by atoms with van der Waals surface area (Å²) < 4.78 is 1.82. The molecule has 0 atom stereocenters. The molecule has 0 aliphatic heterocycles. The van der Waals surface area contributed by atoms with Gasteiger partial charge >= 0.3 is 0 Å². The maximum Gasteiger partial charge on any atom is 0.0924 e. The molecular formula is C22H17Cl4N3. The number of halogens is 4. The van der Waals surface area contributed by atoms with Crippen LogP contribution < -0.4 is 4.90 Å². The van der Waals surface area contributed by atoms with E-state index in [4.69, 9.17) is 46.4 Å². The van der Waals surface area contributed by atoms with E-state index in [2.05, 4.69) is 22.1 Å². The minimum Gasteiger partial charge on any atom is -0.363 e. The first-order chi connectivity index (χ1) is 13.9. The summed E-state index contributed by atoms with van der Waals surface area (Å²) in [7, 11) is 1.92. The van der Waals surface area contributed by atoms with Crippen molar-refractivity contribution in [2.45, 2.75) is 13.1 Å². The second kappa shape index (κ2) is 8.45. The van der Waals surface area contributed by atoms with Gasteiger partial charge in [0, 0.05) is 37.4 Å². The van der Waals surface area contributed by atoms with E-state index in [0.29, 0.717) is 33.2 Å². The molecule has 1 aromatic heterocycles. The number of aromatic nitrogens is 2. The van der Waals surface area contributed by atoms with Crippen LogP contribution in [0.1, 0.15) is 11.1 Å². The average molecular weight is 465 g/mol. The monoisotopic (exact) mass is 463 g/mol. The van der Waals surface area contributed by atoms with Gasteiger partial charge in [0.15, 0.2) is 0 Å². The molecule has 4 aromatic rings. The van der Waals surface area contributed by atoms with Crippen LogP contribution in [-0.2, 0) is 20.1 Å². The second-order valence-electron chi connectivity index (χ2n) is 6.90. The highest BCUT2D eigenvalue weighted by molar-refractivity contribution is 6.42. The van der Waals surface area contributed by atoms with Crippen molar-refractivity contribution in [1.29, 1.82) is 0 Å². The molecule has 0 radical (unpaired) electrons. The van der Waals surface area contributed by atoms with E-state index in [9.17, 15) is 0 Å². The SMILES string of the molecule is Cn1cc2cc(N(Cc3ccc(Cl)c(Cl)c3)Cc3ccc(Cl)c(Cl)c3)ccc2n1. The van der Waals surface area contributed by atoms with Gasteiger partial charge in [-0.05, 0) is 53.6 Å².